The molecular formula is C20H27N5O3. The Hall–Kier alpha value is -2.90. The molecule has 28 heavy (non-hydrogen) atoms. The highest BCUT2D eigenvalue weighted by Crippen LogP contribution is 2.23. The lowest BCUT2D eigenvalue weighted by Crippen LogP contribution is -2.33. The summed E-state index contributed by atoms with van der Waals surface area (Å²) in [7, 11) is 0. The summed E-state index contributed by atoms with van der Waals surface area (Å²) in [4.78, 5) is 28.0. The van der Waals surface area contributed by atoms with Crippen LogP contribution in [0.1, 0.15) is 48.8 Å². The van der Waals surface area contributed by atoms with Gasteiger partial charge in [0.25, 0.3) is 5.91 Å². The van der Waals surface area contributed by atoms with E-state index in [9.17, 15) is 9.59 Å². The van der Waals surface area contributed by atoms with Gasteiger partial charge < -0.3 is 15.4 Å². The largest absolute Gasteiger partial charge is 0.475 e. The maximum atomic E-state index is 12.7. The van der Waals surface area contributed by atoms with E-state index in [4.69, 9.17) is 4.74 Å². The lowest BCUT2D eigenvalue weighted by Gasteiger charge is -2.24. The number of nitrogens with one attached hydrogen (secondary N) is 2. The number of carbonyl (C=O) groups is 2. The Morgan fingerprint density at radius 1 is 1.36 bits per heavy atom. The van der Waals surface area contributed by atoms with E-state index >= 15 is 0 Å². The number of hydrogen-bond acceptors (Lipinski definition) is 5. The van der Waals surface area contributed by atoms with Gasteiger partial charge in [0.1, 0.15) is 0 Å². The van der Waals surface area contributed by atoms with Gasteiger partial charge in [-0.15, -0.1) is 0 Å². The van der Waals surface area contributed by atoms with E-state index in [1.165, 1.54) is 6.92 Å². The van der Waals surface area contributed by atoms with E-state index in [2.05, 4.69) is 20.7 Å². The number of aromatic nitrogens is 3. The molecule has 3 rings (SSSR count). The predicted octanol–water partition coefficient (Wildman–Crippen LogP) is 1.69. The predicted molar refractivity (Wildman–Crippen MR) is 104 cm³/mol. The van der Waals surface area contributed by atoms with E-state index in [0.717, 1.165) is 30.6 Å². The molecule has 2 amide bonds. The van der Waals surface area contributed by atoms with Crippen LogP contribution in [0.25, 0.3) is 0 Å². The molecule has 1 aliphatic heterocycles. The van der Waals surface area contributed by atoms with Crippen molar-refractivity contribution < 1.29 is 14.3 Å². The van der Waals surface area contributed by atoms with Crippen LogP contribution in [0.5, 0.6) is 5.88 Å². The van der Waals surface area contributed by atoms with E-state index in [1.807, 2.05) is 30.7 Å². The van der Waals surface area contributed by atoms with Crippen molar-refractivity contribution in [1.29, 1.82) is 0 Å². The molecule has 0 bridgehead atoms. The van der Waals surface area contributed by atoms with E-state index in [1.54, 1.807) is 12.4 Å². The van der Waals surface area contributed by atoms with Gasteiger partial charge in [0.2, 0.25) is 11.8 Å². The average Bonchev–Trinajstić information content (AvgIpc) is 3.07. The van der Waals surface area contributed by atoms with E-state index in [-0.39, 0.29) is 17.9 Å². The van der Waals surface area contributed by atoms with Crippen molar-refractivity contribution in [2.24, 2.45) is 5.92 Å². The molecule has 0 saturated heterocycles. The van der Waals surface area contributed by atoms with Crippen LogP contribution in [0.2, 0.25) is 0 Å². The molecule has 2 N–H and O–H groups in total. The average molecular weight is 385 g/mol. The minimum Gasteiger partial charge on any atom is -0.475 e. The molecule has 0 aliphatic carbocycles. The number of aryl methyl sites for hydroxylation is 1. The number of rotatable bonds is 7. The van der Waals surface area contributed by atoms with Crippen molar-refractivity contribution in [3.8, 4) is 5.88 Å². The van der Waals surface area contributed by atoms with Crippen molar-refractivity contribution in [3.63, 3.8) is 0 Å². The minimum atomic E-state index is -0.149. The summed E-state index contributed by atoms with van der Waals surface area (Å²) in [5, 5.41) is 10.2. The van der Waals surface area contributed by atoms with Gasteiger partial charge in [-0.1, -0.05) is 0 Å². The van der Waals surface area contributed by atoms with Crippen molar-refractivity contribution in [3.05, 3.63) is 41.3 Å². The van der Waals surface area contributed by atoms with Gasteiger partial charge in [0.15, 0.2) is 0 Å². The molecule has 1 aliphatic rings. The monoisotopic (exact) mass is 385 g/mol. The third-order valence-corrected chi connectivity index (χ3v) is 4.67. The molecule has 1 atom stereocenters. The third kappa shape index (κ3) is 5.09. The Bertz CT molecular complexity index is 846. The van der Waals surface area contributed by atoms with E-state index in [0.29, 0.717) is 30.5 Å². The number of carbonyl (C=O) groups excluding carboxylic acids is 2. The Kier molecular flexibility index (Phi) is 6.28. The highest BCUT2D eigenvalue weighted by Gasteiger charge is 2.25. The number of ether oxygens (including phenoxy) is 1. The second-order valence-electron chi connectivity index (χ2n) is 7.38. The molecule has 0 saturated carbocycles. The molecule has 8 nitrogen and oxygen atoms in total. The minimum absolute atomic E-state index is 0.0322. The first-order chi connectivity index (χ1) is 13.4. The van der Waals surface area contributed by atoms with Gasteiger partial charge in [0.05, 0.1) is 23.6 Å². The Morgan fingerprint density at radius 3 is 2.93 bits per heavy atom. The summed E-state index contributed by atoms with van der Waals surface area (Å²) in [6, 6.07) is 3.68. The fourth-order valence-corrected chi connectivity index (χ4v) is 3.29. The summed E-state index contributed by atoms with van der Waals surface area (Å²) in [6.07, 6.45) is 5.01. The number of hydrogen-bond donors (Lipinski definition) is 2. The van der Waals surface area contributed by atoms with Crippen LogP contribution in [0.3, 0.4) is 0 Å². The van der Waals surface area contributed by atoms with Gasteiger partial charge in [-0.25, -0.2) is 4.98 Å². The standard InChI is InChI=1S/C20H27N5O3/c1-13(2)28-19-9-15(4-6-21-19)11-23-20(27)17-12-24-25-7-5-16(8-18(17)25)10-22-14(3)26/h4,6,9,12-13,16H,5,7-8,10-11H2,1-3H3,(H,22,26)(H,23,27)/t16-/m1/s1. The summed E-state index contributed by atoms with van der Waals surface area (Å²) in [6.45, 7) is 7.17. The van der Waals surface area contributed by atoms with Gasteiger partial charge >= 0.3 is 0 Å². The van der Waals surface area contributed by atoms with Crippen LogP contribution in [-0.2, 0) is 24.3 Å². The molecule has 150 valence electrons. The quantitative estimate of drug-likeness (QED) is 0.756. The lowest BCUT2D eigenvalue weighted by molar-refractivity contribution is -0.119. The number of amides is 2. The van der Waals surface area contributed by atoms with Gasteiger partial charge in [-0.2, -0.15) is 5.10 Å². The molecule has 0 radical (unpaired) electrons. The van der Waals surface area contributed by atoms with Crippen LogP contribution in [0.4, 0.5) is 0 Å². The van der Waals surface area contributed by atoms with Crippen molar-refractivity contribution in [2.75, 3.05) is 6.54 Å². The summed E-state index contributed by atoms with van der Waals surface area (Å²) in [5.74, 6) is 0.681. The van der Waals surface area contributed by atoms with Crippen LogP contribution in [0.15, 0.2) is 24.5 Å². The highest BCUT2D eigenvalue weighted by atomic mass is 16.5. The number of fused-ring (bicyclic) bond motifs is 1. The van der Waals surface area contributed by atoms with Crippen molar-refractivity contribution >= 4 is 11.8 Å². The Balaban J connectivity index is 1.62. The second kappa shape index (κ2) is 8.86. The van der Waals surface area contributed by atoms with Crippen LogP contribution in [-0.4, -0.2) is 39.2 Å². The second-order valence-corrected chi connectivity index (χ2v) is 7.38. The molecule has 0 spiro atoms. The van der Waals surface area contributed by atoms with Gasteiger partial charge in [0, 0.05) is 38.8 Å². The van der Waals surface area contributed by atoms with Crippen molar-refractivity contribution in [1.82, 2.24) is 25.4 Å². The third-order valence-electron chi connectivity index (χ3n) is 4.67. The van der Waals surface area contributed by atoms with Gasteiger partial charge in [-0.3, -0.25) is 14.3 Å². The Labute approximate surface area is 164 Å². The topological polar surface area (TPSA) is 98.1 Å². The SMILES string of the molecule is CC(=O)NC[C@@H]1CCn2ncc(C(=O)NCc3ccnc(OC(C)C)c3)c2C1. The Morgan fingerprint density at radius 2 is 2.18 bits per heavy atom. The van der Waals surface area contributed by atoms with Gasteiger partial charge in [-0.05, 0) is 44.2 Å². The molecule has 3 heterocycles. The molecule has 0 unspecified atom stereocenters. The first kappa shape index (κ1) is 19.9. The number of pyridine rings is 1. The first-order valence-corrected chi connectivity index (χ1v) is 9.61. The molecule has 2 aromatic heterocycles. The maximum Gasteiger partial charge on any atom is 0.255 e. The smallest absolute Gasteiger partial charge is 0.255 e. The zero-order chi connectivity index (χ0) is 20.1. The maximum absolute atomic E-state index is 12.7. The molecular weight excluding hydrogens is 358 g/mol. The summed E-state index contributed by atoms with van der Waals surface area (Å²) in [5.41, 5.74) is 2.45. The van der Waals surface area contributed by atoms with Crippen molar-refractivity contribution in [2.45, 2.75) is 52.8 Å². The summed E-state index contributed by atoms with van der Waals surface area (Å²) >= 11 is 0. The fraction of sp³-hybridized carbons (Fsp3) is 0.500. The first-order valence-electron chi connectivity index (χ1n) is 9.61. The molecule has 0 aromatic carbocycles. The molecule has 2 aromatic rings. The molecule has 8 heteroatoms. The highest BCUT2D eigenvalue weighted by molar-refractivity contribution is 5.95. The lowest BCUT2D eigenvalue weighted by atomic mass is 9.94. The zero-order valence-electron chi connectivity index (χ0n) is 16.6. The molecule has 0 fully saturated rings. The summed E-state index contributed by atoms with van der Waals surface area (Å²) < 4.78 is 7.48. The number of nitrogens with zero attached hydrogens (tertiary/aromatic N) is 3. The van der Waals surface area contributed by atoms with Crippen LogP contribution >= 0.6 is 0 Å². The fourth-order valence-electron chi connectivity index (χ4n) is 3.29. The van der Waals surface area contributed by atoms with E-state index < -0.39 is 0 Å². The van der Waals surface area contributed by atoms with Crippen LogP contribution in [0, 0.1) is 5.92 Å². The van der Waals surface area contributed by atoms with Crippen LogP contribution < -0.4 is 15.4 Å². The zero-order valence-corrected chi connectivity index (χ0v) is 16.6. The normalized spacial score (nSPS) is 15.8.